The third-order valence-corrected chi connectivity index (χ3v) is 1.16. The SMILES string of the molecule is O=C([O-])C(F)(F)Cl.O=C([O-])C(F)(F)Cl.O=C([O-])C(F)(F)Cl.[Gd+3]. The third-order valence-electron chi connectivity index (χ3n) is 0.694. The van der Waals surface area contributed by atoms with E-state index in [0.29, 0.717) is 0 Å². The van der Waals surface area contributed by atoms with Crippen LogP contribution in [0.2, 0.25) is 0 Å². The summed E-state index contributed by atoms with van der Waals surface area (Å²) in [6.45, 7) is 0. The molecule has 0 heterocycles. The van der Waals surface area contributed by atoms with Gasteiger partial charge in [-0.1, -0.05) is 0 Å². The number of rotatable bonds is 3. The van der Waals surface area contributed by atoms with Gasteiger partial charge in [0.05, 0.1) is 0 Å². The standard InChI is InChI=1S/3C2HClF2O2.Gd/c3*3-2(4,5)1(6)7;/h3*(H,6,7);/q;;;+3/p-3. The molecule has 16 heteroatoms. The smallest absolute Gasteiger partial charge is 0.543 e. The summed E-state index contributed by atoms with van der Waals surface area (Å²) in [6, 6.07) is 0. The van der Waals surface area contributed by atoms with Crippen molar-refractivity contribution in [3.63, 3.8) is 0 Å². The Kier molecular flexibility index (Phi) is 16.0. The van der Waals surface area contributed by atoms with Crippen LogP contribution in [0.4, 0.5) is 26.3 Å². The molecule has 22 heavy (non-hydrogen) atoms. The van der Waals surface area contributed by atoms with Crippen molar-refractivity contribution in [1.82, 2.24) is 0 Å². The van der Waals surface area contributed by atoms with Gasteiger partial charge in [0.2, 0.25) is 0 Å². The van der Waals surface area contributed by atoms with Crippen LogP contribution in [0.15, 0.2) is 0 Å². The largest absolute Gasteiger partial charge is 3.00 e. The van der Waals surface area contributed by atoms with Gasteiger partial charge in [-0.05, 0) is 34.8 Å². The van der Waals surface area contributed by atoms with Crippen molar-refractivity contribution in [2.45, 2.75) is 16.1 Å². The first kappa shape index (κ1) is 30.1. The van der Waals surface area contributed by atoms with Crippen LogP contribution in [0.25, 0.3) is 0 Å². The molecular formula is C6Cl3F6GdO6. The molecule has 0 aliphatic carbocycles. The van der Waals surface area contributed by atoms with E-state index in [4.69, 9.17) is 29.7 Å². The number of halogens is 9. The number of carboxylic acid groups (broad SMARTS) is 3. The Morgan fingerprint density at radius 2 is 0.636 bits per heavy atom. The van der Waals surface area contributed by atoms with Gasteiger partial charge in [-0.15, -0.1) is 0 Å². The molecule has 0 rings (SSSR count). The molecule has 0 aliphatic rings. The van der Waals surface area contributed by atoms with E-state index < -0.39 is 34.1 Å². The van der Waals surface area contributed by atoms with Crippen LogP contribution in [0, 0.1) is 39.9 Å². The van der Waals surface area contributed by atoms with Gasteiger partial charge in [0.1, 0.15) is 17.9 Å². The average molecular weight is 546 g/mol. The first-order valence-electron chi connectivity index (χ1n) is 3.68. The van der Waals surface area contributed by atoms with E-state index in [9.17, 15) is 26.3 Å². The summed E-state index contributed by atoms with van der Waals surface area (Å²) >= 11 is 11.6. The number of carbonyl (C=O) groups is 3. The first-order chi connectivity index (χ1) is 8.83. The quantitative estimate of drug-likeness (QED) is 0.321. The maximum absolute atomic E-state index is 10.9. The van der Waals surface area contributed by atoms with Crippen molar-refractivity contribution in [2.75, 3.05) is 0 Å². The van der Waals surface area contributed by atoms with Crippen molar-refractivity contribution < 1.29 is 96.0 Å². The summed E-state index contributed by atoms with van der Waals surface area (Å²) in [7, 11) is 0. The van der Waals surface area contributed by atoms with Gasteiger partial charge in [-0.25, -0.2) is 0 Å². The van der Waals surface area contributed by atoms with Gasteiger partial charge < -0.3 is 29.7 Å². The number of carbonyl (C=O) groups excluding carboxylic acids is 3. The predicted molar refractivity (Wildman–Crippen MR) is 47.4 cm³/mol. The second-order valence-electron chi connectivity index (χ2n) is 2.36. The number of alkyl halides is 9. The molecule has 0 atom stereocenters. The molecule has 0 bridgehead atoms. The number of aliphatic carboxylic acids is 3. The molecule has 0 amide bonds. The molecule has 0 unspecified atom stereocenters. The maximum atomic E-state index is 10.9. The van der Waals surface area contributed by atoms with Crippen LogP contribution in [0.5, 0.6) is 0 Å². The Morgan fingerprint density at radius 3 is 0.636 bits per heavy atom. The molecular weight excluding hydrogens is 546 g/mol. The fourth-order valence-corrected chi connectivity index (χ4v) is 0. The summed E-state index contributed by atoms with van der Waals surface area (Å²) in [4.78, 5) is 27.1. The van der Waals surface area contributed by atoms with Crippen molar-refractivity contribution in [1.29, 1.82) is 0 Å². The fourth-order valence-electron chi connectivity index (χ4n) is 0. The van der Waals surface area contributed by atoms with E-state index in [2.05, 4.69) is 34.8 Å². The Labute approximate surface area is 164 Å². The molecule has 0 saturated heterocycles. The van der Waals surface area contributed by atoms with Gasteiger partial charge in [-0.3, -0.25) is 0 Å². The number of hydrogen-bond acceptors (Lipinski definition) is 6. The van der Waals surface area contributed by atoms with Gasteiger partial charge in [0.25, 0.3) is 0 Å². The minimum atomic E-state index is -4.22. The van der Waals surface area contributed by atoms with Crippen LogP contribution < -0.4 is 15.3 Å². The van der Waals surface area contributed by atoms with Crippen molar-refractivity contribution in [2.24, 2.45) is 0 Å². The zero-order chi connectivity index (χ0) is 18.2. The van der Waals surface area contributed by atoms with Crippen LogP contribution >= 0.6 is 34.8 Å². The summed E-state index contributed by atoms with van der Waals surface area (Å²) < 4.78 is 65.7. The van der Waals surface area contributed by atoms with Gasteiger partial charge in [0, 0.05) is 0 Å². The van der Waals surface area contributed by atoms with Crippen molar-refractivity contribution in [3.05, 3.63) is 0 Å². The normalized spacial score (nSPS) is 10.8. The molecule has 6 nitrogen and oxygen atoms in total. The summed E-state index contributed by atoms with van der Waals surface area (Å²) in [5, 5.41) is 14.4. The zero-order valence-electron chi connectivity index (χ0n) is 9.20. The Hall–Kier alpha value is 0.185. The molecule has 1 radical (unpaired) electrons. The van der Waals surface area contributed by atoms with Crippen LogP contribution in [-0.2, 0) is 14.4 Å². The summed E-state index contributed by atoms with van der Waals surface area (Å²) in [5.74, 6) is -7.72. The maximum Gasteiger partial charge on any atom is 3.00 e. The summed E-state index contributed by atoms with van der Waals surface area (Å²) in [5.41, 5.74) is 0. The second kappa shape index (κ2) is 11.7. The van der Waals surface area contributed by atoms with Gasteiger partial charge in [0.15, 0.2) is 0 Å². The third kappa shape index (κ3) is 22.5. The monoisotopic (exact) mass is 545 g/mol. The van der Waals surface area contributed by atoms with E-state index in [1.807, 2.05) is 0 Å². The Balaban J connectivity index is -0.000000108. The Morgan fingerprint density at radius 1 is 0.591 bits per heavy atom. The van der Waals surface area contributed by atoms with Crippen LogP contribution in [-0.4, -0.2) is 34.1 Å². The van der Waals surface area contributed by atoms with E-state index >= 15 is 0 Å². The number of hydrogen-bond donors (Lipinski definition) is 0. The molecule has 0 aromatic heterocycles. The zero-order valence-corrected chi connectivity index (χ0v) is 13.7. The van der Waals surface area contributed by atoms with Gasteiger partial charge >= 0.3 is 56.1 Å². The molecule has 0 spiro atoms. The van der Waals surface area contributed by atoms with Gasteiger partial charge in [-0.2, -0.15) is 26.3 Å². The van der Waals surface area contributed by atoms with Crippen LogP contribution in [0.3, 0.4) is 0 Å². The molecule has 0 aliphatic heterocycles. The minimum absolute atomic E-state index is 0. The Bertz CT molecular complexity index is 321. The molecule has 0 aromatic rings. The molecule has 131 valence electrons. The average Bonchev–Trinajstić information content (AvgIpc) is 2.14. The van der Waals surface area contributed by atoms with E-state index in [1.165, 1.54) is 0 Å². The van der Waals surface area contributed by atoms with Crippen molar-refractivity contribution in [3.8, 4) is 0 Å². The molecule has 0 aromatic carbocycles. The summed E-state index contributed by atoms with van der Waals surface area (Å²) in [6.07, 6.45) is 0. The molecule has 0 fully saturated rings. The van der Waals surface area contributed by atoms with E-state index in [1.54, 1.807) is 0 Å². The number of carboxylic acids is 3. The van der Waals surface area contributed by atoms with Crippen molar-refractivity contribution >= 4 is 52.7 Å². The molecule has 0 saturated carbocycles. The van der Waals surface area contributed by atoms with E-state index in [-0.39, 0.29) is 39.9 Å². The molecule has 0 N–H and O–H groups in total. The second-order valence-corrected chi connectivity index (χ2v) is 3.78. The predicted octanol–water partition coefficient (Wildman–Crippen LogP) is -1.30. The van der Waals surface area contributed by atoms with Crippen LogP contribution in [0.1, 0.15) is 0 Å². The van der Waals surface area contributed by atoms with E-state index in [0.717, 1.165) is 0 Å². The fraction of sp³-hybridized carbons (Fsp3) is 0.500. The first-order valence-corrected chi connectivity index (χ1v) is 4.81. The topological polar surface area (TPSA) is 120 Å². The minimum Gasteiger partial charge on any atom is -0.543 e.